The summed E-state index contributed by atoms with van der Waals surface area (Å²) in [7, 11) is 0. The molecular weight excluding hydrogens is 270 g/mol. The van der Waals surface area contributed by atoms with Crippen molar-refractivity contribution in [2.24, 2.45) is 10.9 Å². The predicted molar refractivity (Wildman–Crippen MR) is 85.4 cm³/mol. The van der Waals surface area contributed by atoms with Gasteiger partial charge in [0.2, 0.25) is 0 Å². The minimum atomic E-state index is 0.159. The highest BCUT2D eigenvalue weighted by molar-refractivity contribution is 7.99. The first-order valence-corrected chi connectivity index (χ1v) is 8.21. The fourth-order valence-electron chi connectivity index (χ4n) is 2.72. The van der Waals surface area contributed by atoms with Gasteiger partial charge >= 0.3 is 0 Å². The molecule has 1 aliphatic carbocycles. The average Bonchev–Trinajstić information content (AvgIpc) is 2.92. The number of nitrogens with one attached hydrogen (secondary N) is 1. The maximum absolute atomic E-state index is 8.72. The van der Waals surface area contributed by atoms with Crippen molar-refractivity contribution in [2.45, 2.75) is 44.0 Å². The molecule has 4 N–H and O–H groups in total. The number of nitrogens with zero attached hydrogens (tertiary/aromatic N) is 1. The molecule has 0 amide bonds. The number of oxime groups is 1. The van der Waals surface area contributed by atoms with Gasteiger partial charge in [0, 0.05) is 23.4 Å². The minimum absolute atomic E-state index is 0.159. The standard InChI is InChI=1S/C15H23N3OS/c1-2-20-14-8-4-7-13(14)17-10-11-5-3-6-12(9-11)15(16)18-19/h3,5-6,9,13-14,17,19H,2,4,7-8,10H2,1H3,(H2,16,18). The highest BCUT2D eigenvalue weighted by Gasteiger charge is 2.26. The van der Waals surface area contributed by atoms with E-state index in [4.69, 9.17) is 10.9 Å². The molecule has 0 aromatic heterocycles. The van der Waals surface area contributed by atoms with Gasteiger partial charge in [-0.15, -0.1) is 0 Å². The summed E-state index contributed by atoms with van der Waals surface area (Å²) in [6.45, 7) is 3.05. The van der Waals surface area contributed by atoms with Crippen LogP contribution in [0.4, 0.5) is 0 Å². The molecule has 0 radical (unpaired) electrons. The fraction of sp³-hybridized carbons (Fsp3) is 0.533. The molecule has 1 aromatic carbocycles. The summed E-state index contributed by atoms with van der Waals surface area (Å²) >= 11 is 2.06. The number of thioether (sulfide) groups is 1. The van der Waals surface area contributed by atoms with Crippen LogP contribution in [-0.2, 0) is 6.54 Å². The second kappa shape index (κ2) is 7.55. The molecule has 1 fully saturated rings. The topological polar surface area (TPSA) is 70.6 Å². The van der Waals surface area contributed by atoms with Gasteiger partial charge in [0.1, 0.15) is 0 Å². The van der Waals surface area contributed by atoms with Gasteiger partial charge in [-0.3, -0.25) is 0 Å². The summed E-state index contributed by atoms with van der Waals surface area (Å²) < 4.78 is 0. The molecule has 0 heterocycles. The number of rotatable bonds is 6. The SMILES string of the molecule is CCSC1CCCC1NCc1cccc(/C(N)=N/O)c1. The van der Waals surface area contributed by atoms with E-state index in [9.17, 15) is 0 Å². The molecule has 0 saturated heterocycles. The second-order valence-electron chi connectivity index (χ2n) is 5.10. The van der Waals surface area contributed by atoms with Crippen LogP contribution in [0, 0.1) is 0 Å². The van der Waals surface area contributed by atoms with Gasteiger partial charge in [-0.05, 0) is 30.2 Å². The molecule has 2 unspecified atom stereocenters. The van der Waals surface area contributed by atoms with Crippen LogP contribution in [0.25, 0.3) is 0 Å². The second-order valence-corrected chi connectivity index (χ2v) is 6.61. The zero-order valence-electron chi connectivity index (χ0n) is 11.9. The van der Waals surface area contributed by atoms with E-state index in [0.29, 0.717) is 6.04 Å². The summed E-state index contributed by atoms with van der Waals surface area (Å²) in [5.41, 5.74) is 7.55. The third kappa shape index (κ3) is 3.90. The fourth-order valence-corrected chi connectivity index (χ4v) is 3.95. The van der Waals surface area contributed by atoms with Gasteiger partial charge in [0.25, 0.3) is 0 Å². The molecular formula is C15H23N3OS. The highest BCUT2D eigenvalue weighted by Crippen LogP contribution is 2.30. The number of amidine groups is 1. The van der Waals surface area contributed by atoms with E-state index in [1.807, 2.05) is 18.2 Å². The summed E-state index contributed by atoms with van der Waals surface area (Å²) in [6.07, 6.45) is 3.90. The summed E-state index contributed by atoms with van der Waals surface area (Å²) in [4.78, 5) is 0. The average molecular weight is 293 g/mol. The third-order valence-corrected chi connectivity index (χ3v) is 5.06. The Morgan fingerprint density at radius 1 is 1.50 bits per heavy atom. The number of hydrogen-bond acceptors (Lipinski definition) is 4. The van der Waals surface area contributed by atoms with Crippen molar-refractivity contribution in [2.75, 3.05) is 5.75 Å². The van der Waals surface area contributed by atoms with Crippen molar-refractivity contribution in [3.8, 4) is 0 Å². The zero-order valence-corrected chi connectivity index (χ0v) is 12.7. The summed E-state index contributed by atoms with van der Waals surface area (Å²) in [5.74, 6) is 1.34. The number of nitrogens with two attached hydrogens (primary N) is 1. The highest BCUT2D eigenvalue weighted by atomic mass is 32.2. The number of hydrogen-bond donors (Lipinski definition) is 3. The molecule has 1 aliphatic rings. The maximum Gasteiger partial charge on any atom is 0.170 e. The lowest BCUT2D eigenvalue weighted by molar-refractivity contribution is 0.318. The van der Waals surface area contributed by atoms with Crippen molar-refractivity contribution in [3.05, 3.63) is 35.4 Å². The molecule has 2 rings (SSSR count). The van der Waals surface area contributed by atoms with E-state index < -0.39 is 0 Å². The first-order chi connectivity index (χ1) is 9.74. The van der Waals surface area contributed by atoms with Gasteiger partial charge in [0.15, 0.2) is 5.84 Å². The first kappa shape index (κ1) is 15.2. The Labute approximate surface area is 124 Å². The van der Waals surface area contributed by atoms with E-state index in [0.717, 1.165) is 17.4 Å². The third-order valence-electron chi connectivity index (χ3n) is 3.73. The largest absolute Gasteiger partial charge is 0.409 e. The Morgan fingerprint density at radius 3 is 3.10 bits per heavy atom. The molecule has 1 saturated carbocycles. The van der Waals surface area contributed by atoms with E-state index >= 15 is 0 Å². The first-order valence-electron chi connectivity index (χ1n) is 7.16. The molecule has 0 aliphatic heterocycles. The minimum Gasteiger partial charge on any atom is -0.409 e. The van der Waals surface area contributed by atoms with Crippen LogP contribution in [0.1, 0.15) is 37.3 Å². The molecule has 4 nitrogen and oxygen atoms in total. The van der Waals surface area contributed by atoms with Gasteiger partial charge in [-0.25, -0.2) is 0 Å². The normalized spacial score (nSPS) is 23.1. The van der Waals surface area contributed by atoms with Gasteiger partial charge in [-0.1, -0.05) is 36.7 Å². The molecule has 0 spiro atoms. The summed E-state index contributed by atoms with van der Waals surface area (Å²) in [6, 6.07) is 8.44. The maximum atomic E-state index is 8.72. The Morgan fingerprint density at radius 2 is 2.35 bits per heavy atom. The Balaban J connectivity index is 1.93. The van der Waals surface area contributed by atoms with Crippen LogP contribution < -0.4 is 11.1 Å². The molecule has 20 heavy (non-hydrogen) atoms. The Bertz CT molecular complexity index is 464. The van der Waals surface area contributed by atoms with E-state index in [-0.39, 0.29) is 5.84 Å². The lowest BCUT2D eigenvalue weighted by Gasteiger charge is -2.20. The van der Waals surface area contributed by atoms with Crippen LogP contribution in [0.15, 0.2) is 29.4 Å². The zero-order chi connectivity index (χ0) is 14.4. The van der Waals surface area contributed by atoms with Gasteiger partial charge in [0.05, 0.1) is 0 Å². The Kier molecular flexibility index (Phi) is 5.73. The van der Waals surface area contributed by atoms with Crippen molar-refractivity contribution < 1.29 is 5.21 Å². The van der Waals surface area contributed by atoms with E-state index in [1.54, 1.807) is 0 Å². The molecule has 5 heteroatoms. The van der Waals surface area contributed by atoms with Crippen LogP contribution in [0.3, 0.4) is 0 Å². The van der Waals surface area contributed by atoms with Gasteiger partial charge < -0.3 is 16.3 Å². The van der Waals surface area contributed by atoms with Crippen LogP contribution in [0.2, 0.25) is 0 Å². The van der Waals surface area contributed by atoms with Gasteiger partial charge in [-0.2, -0.15) is 11.8 Å². The van der Waals surface area contributed by atoms with Crippen molar-refractivity contribution in [3.63, 3.8) is 0 Å². The summed E-state index contributed by atoms with van der Waals surface area (Å²) in [5, 5.41) is 16.2. The monoisotopic (exact) mass is 293 g/mol. The van der Waals surface area contributed by atoms with Crippen LogP contribution in [0.5, 0.6) is 0 Å². The van der Waals surface area contributed by atoms with Crippen molar-refractivity contribution in [1.82, 2.24) is 5.32 Å². The van der Waals surface area contributed by atoms with Crippen LogP contribution in [-0.4, -0.2) is 28.1 Å². The molecule has 110 valence electrons. The lowest BCUT2D eigenvalue weighted by Crippen LogP contribution is -2.33. The number of benzene rings is 1. The van der Waals surface area contributed by atoms with E-state index in [2.05, 4.69) is 35.2 Å². The molecule has 2 atom stereocenters. The lowest BCUT2D eigenvalue weighted by atomic mass is 10.1. The smallest absolute Gasteiger partial charge is 0.170 e. The molecule has 1 aromatic rings. The quantitative estimate of drug-likeness (QED) is 0.326. The Hall–Kier alpha value is -1.20. The van der Waals surface area contributed by atoms with E-state index in [1.165, 1.54) is 30.6 Å². The van der Waals surface area contributed by atoms with Crippen LogP contribution >= 0.6 is 11.8 Å². The van der Waals surface area contributed by atoms with Crippen molar-refractivity contribution in [1.29, 1.82) is 0 Å². The molecule has 0 bridgehead atoms. The predicted octanol–water partition coefficient (Wildman–Crippen LogP) is 2.54. The van der Waals surface area contributed by atoms with Crippen molar-refractivity contribution >= 4 is 17.6 Å².